The highest BCUT2D eigenvalue weighted by Gasteiger charge is 2.81. The second-order valence-corrected chi connectivity index (χ2v) is 17.2. The van der Waals surface area contributed by atoms with Crippen LogP contribution in [-0.4, -0.2) is 74.7 Å². The van der Waals surface area contributed by atoms with E-state index in [1.165, 1.54) is 56.3 Å². The predicted molar refractivity (Wildman–Crippen MR) is 164 cm³/mol. The Balaban J connectivity index is 1.05. The van der Waals surface area contributed by atoms with Gasteiger partial charge in [0.1, 0.15) is 12.2 Å². The van der Waals surface area contributed by atoms with Crippen LogP contribution in [0.25, 0.3) is 0 Å². The number of alkyl carbamates (subject to hydrolysis) is 1. The van der Waals surface area contributed by atoms with Gasteiger partial charge in [0.2, 0.25) is 0 Å². The van der Waals surface area contributed by atoms with Crippen LogP contribution in [0.2, 0.25) is 0 Å². The number of hydrogen-bond acceptors (Lipinski definition) is 6. The predicted octanol–water partition coefficient (Wildman–Crippen LogP) is 5.98. The molecule has 242 valence electrons. The van der Waals surface area contributed by atoms with E-state index in [0.29, 0.717) is 28.1 Å². The summed E-state index contributed by atoms with van der Waals surface area (Å²) in [6, 6.07) is 0.211. The van der Waals surface area contributed by atoms with E-state index in [1.54, 1.807) is 14.1 Å². The molecular weight excluding hydrogens is 542 g/mol. The minimum Gasteiger partial charge on any atom is -0.446 e. The molecule has 7 rings (SSSR count). The first-order chi connectivity index (χ1) is 20.3. The maximum atomic E-state index is 12.7. The van der Waals surface area contributed by atoms with Gasteiger partial charge in [-0.1, -0.05) is 34.6 Å². The van der Waals surface area contributed by atoms with Gasteiger partial charge in [0.25, 0.3) is 0 Å². The third kappa shape index (κ3) is 4.41. The smallest absolute Gasteiger partial charge is 0.409 e. The molecule has 7 fully saturated rings. The SMILES string of the molecule is CC(C)C(OC(=O)N(C)C)C1CCC2C(CC3C4CCC5C(C)(C)C(OC(=O)NC6CNC6)CCC56CC46CCC23C)O1. The lowest BCUT2D eigenvalue weighted by Gasteiger charge is -2.59. The van der Waals surface area contributed by atoms with E-state index in [2.05, 4.69) is 45.3 Å². The highest BCUT2D eigenvalue weighted by Crippen LogP contribution is 2.87. The topological polar surface area (TPSA) is 89.1 Å². The van der Waals surface area contributed by atoms with Gasteiger partial charge in [-0.3, -0.25) is 0 Å². The third-order valence-corrected chi connectivity index (χ3v) is 14.5. The lowest BCUT2D eigenvalue weighted by Crippen LogP contribution is -2.59. The molecule has 2 aliphatic heterocycles. The van der Waals surface area contributed by atoms with E-state index in [-0.39, 0.29) is 54.0 Å². The Morgan fingerprint density at radius 3 is 2.35 bits per heavy atom. The quantitative estimate of drug-likeness (QED) is 0.404. The van der Waals surface area contributed by atoms with E-state index in [1.807, 2.05) is 0 Å². The van der Waals surface area contributed by atoms with E-state index in [0.717, 1.165) is 37.8 Å². The molecule has 11 atom stereocenters. The van der Waals surface area contributed by atoms with E-state index < -0.39 is 0 Å². The molecule has 0 bridgehead atoms. The molecular formula is C35H57N3O5. The summed E-state index contributed by atoms with van der Waals surface area (Å²) in [6.45, 7) is 13.4. The van der Waals surface area contributed by atoms with E-state index in [9.17, 15) is 9.59 Å². The fourth-order valence-electron chi connectivity index (χ4n) is 12.3. The number of fused-ring (bicyclic) bond motifs is 4. The molecule has 43 heavy (non-hydrogen) atoms. The van der Waals surface area contributed by atoms with Crippen LogP contribution >= 0.6 is 0 Å². The van der Waals surface area contributed by atoms with Crippen molar-refractivity contribution in [3.8, 4) is 0 Å². The van der Waals surface area contributed by atoms with Gasteiger partial charge in [0, 0.05) is 32.6 Å². The largest absolute Gasteiger partial charge is 0.446 e. The van der Waals surface area contributed by atoms with Gasteiger partial charge >= 0.3 is 12.2 Å². The first kappa shape index (κ1) is 30.1. The number of nitrogens with zero attached hydrogens (tertiary/aromatic N) is 1. The molecule has 0 aromatic rings. The van der Waals surface area contributed by atoms with Crippen LogP contribution in [-0.2, 0) is 14.2 Å². The number of rotatable bonds is 5. The van der Waals surface area contributed by atoms with Crippen molar-refractivity contribution in [3.05, 3.63) is 0 Å². The average molecular weight is 600 g/mol. The number of ether oxygens (including phenoxy) is 3. The fourth-order valence-corrected chi connectivity index (χ4v) is 12.3. The molecule has 5 aliphatic carbocycles. The Morgan fingerprint density at radius 2 is 1.67 bits per heavy atom. The highest BCUT2D eigenvalue weighted by atomic mass is 16.6. The molecule has 2 amide bonds. The van der Waals surface area contributed by atoms with Crippen LogP contribution in [0.4, 0.5) is 9.59 Å². The zero-order chi connectivity index (χ0) is 30.5. The van der Waals surface area contributed by atoms with Crippen LogP contribution in [0.15, 0.2) is 0 Å². The second-order valence-electron chi connectivity index (χ2n) is 17.2. The Kier molecular flexibility index (Phi) is 7.17. The standard InChI is InChI=1S/C35H57N3O5/c1-20(2)29(43-31(40)38(6)7)25-10-8-23-26(41-25)16-24-22-9-11-27-32(3,4)28(42-30(39)37-21-17-36-18-21)12-13-35(27)19-34(22,35)15-14-33(23,24)5/h20-29,36H,8-19H2,1-7H3,(H,37,39). The fraction of sp³-hybridized carbons (Fsp3) is 0.943. The molecule has 0 radical (unpaired) electrons. The average Bonchev–Trinajstić information content (AvgIpc) is 3.50. The molecule has 0 aromatic heterocycles. The summed E-state index contributed by atoms with van der Waals surface area (Å²) in [7, 11) is 3.50. The maximum Gasteiger partial charge on any atom is 0.409 e. The summed E-state index contributed by atoms with van der Waals surface area (Å²) in [5, 5.41) is 6.28. The zero-order valence-corrected chi connectivity index (χ0v) is 27.7. The molecule has 8 nitrogen and oxygen atoms in total. The molecule has 2 saturated heterocycles. The summed E-state index contributed by atoms with van der Waals surface area (Å²) in [6.07, 6.45) is 11.7. The van der Waals surface area contributed by atoms with E-state index >= 15 is 0 Å². The lowest BCUT2D eigenvalue weighted by atomic mass is 9.46. The van der Waals surface area contributed by atoms with Crippen molar-refractivity contribution in [2.45, 2.75) is 129 Å². The summed E-state index contributed by atoms with van der Waals surface area (Å²) in [5.41, 5.74) is 1.24. The van der Waals surface area contributed by atoms with Gasteiger partial charge in [0.05, 0.1) is 18.2 Å². The molecule has 8 heteroatoms. The molecule has 5 saturated carbocycles. The minimum absolute atomic E-state index is 0.00147. The Bertz CT molecular complexity index is 1120. The van der Waals surface area contributed by atoms with Gasteiger partial charge < -0.3 is 29.7 Å². The number of amides is 2. The molecule has 2 spiro atoms. The van der Waals surface area contributed by atoms with Crippen molar-refractivity contribution >= 4 is 12.2 Å². The van der Waals surface area contributed by atoms with Crippen molar-refractivity contribution in [2.75, 3.05) is 27.2 Å². The number of hydrogen-bond donors (Lipinski definition) is 2. The molecule has 2 N–H and O–H groups in total. The van der Waals surface area contributed by atoms with Crippen molar-refractivity contribution < 1.29 is 23.8 Å². The van der Waals surface area contributed by atoms with Crippen LogP contribution < -0.4 is 10.6 Å². The van der Waals surface area contributed by atoms with Gasteiger partial charge in [0.15, 0.2) is 0 Å². The van der Waals surface area contributed by atoms with Crippen molar-refractivity contribution in [1.82, 2.24) is 15.5 Å². The number of carbonyl (C=O) groups excluding carboxylic acids is 2. The van der Waals surface area contributed by atoms with Crippen molar-refractivity contribution in [2.24, 2.45) is 51.2 Å². The minimum atomic E-state index is -0.270. The second kappa shape index (κ2) is 10.2. The normalized spacial score (nSPS) is 46.6. The van der Waals surface area contributed by atoms with Gasteiger partial charge in [-0.25, -0.2) is 9.59 Å². The summed E-state index contributed by atoms with van der Waals surface area (Å²) in [4.78, 5) is 26.8. The third-order valence-electron chi connectivity index (χ3n) is 14.5. The Hall–Kier alpha value is -1.54. The maximum absolute atomic E-state index is 12.7. The first-order valence-electron chi connectivity index (χ1n) is 17.5. The highest BCUT2D eigenvalue weighted by molar-refractivity contribution is 5.68. The first-order valence-corrected chi connectivity index (χ1v) is 17.5. The van der Waals surface area contributed by atoms with E-state index in [4.69, 9.17) is 14.2 Å². The Labute approximate surface area is 259 Å². The molecule has 11 unspecified atom stereocenters. The summed E-state index contributed by atoms with van der Waals surface area (Å²) >= 11 is 0. The lowest BCUT2D eigenvalue weighted by molar-refractivity contribution is -0.150. The van der Waals surface area contributed by atoms with Gasteiger partial charge in [-0.2, -0.15) is 0 Å². The zero-order valence-electron chi connectivity index (χ0n) is 27.7. The number of nitrogens with one attached hydrogen (secondary N) is 2. The Morgan fingerprint density at radius 1 is 0.930 bits per heavy atom. The molecule has 7 aliphatic rings. The molecule has 0 aromatic carbocycles. The van der Waals surface area contributed by atoms with Crippen LogP contribution in [0.3, 0.4) is 0 Å². The van der Waals surface area contributed by atoms with Crippen LogP contribution in [0.1, 0.15) is 98.8 Å². The van der Waals surface area contributed by atoms with Crippen molar-refractivity contribution in [1.29, 1.82) is 0 Å². The van der Waals surface area contributed by atoms with Crippen molar-refractivity contribution in [3.63, 3.8) is 0 Å². The monoisotopic (exact) mass is 599 g/mol. The van der Waals surface area contributed by atoms with Crippen LogP contribution in [0.5, 0.6) is 0 Å². The summed E-state index contributed by atoms with van der Waals surface area (Å²) in [5.74, 6) is 2.96. The molecule has 2 heterocycles. The van der Waals surface area contributed by atoms with Gasteiger partial charge in [-0.15, -0.1) is 0 Å². The van der Waals surface area contributed by atoms with Crippen LogP contribution in [0, 0.1) is 51.2 Å². The van der Waals surface area contributed by atoms with Gasteiger partial charge in [-0.05, 0) is 110 Å². The summed E-state index contributed by atoms with van der Waals surface area (Å²) < 4.78 is 19.1. The number of carbonyl (C=O) groups is 2.